The molecular formula is C25H17BrCl2N2O7. The first-order valence-corrected chi connectivity index (χ1v) is 12.3. The van der Waals surface area contributed by atoms with Gasteiger partial charge in [-0.1, -0.05) is 23.2 Å². The van der Waals surface area contributed by atoms with Crippen molar-refractivity contribution in [3.8, 4) is 10.8 Å². The lowest BCUT2D eigenvalue weighted by Crippen LogP contribution is -2.34. The van der Waals surface area contributed by atoms with Gasteiger partial charge in [0, 0.05) is 38.6 Å². The Balaban J connectivity index is 1.56. The van der Waals surface area contributed by atoms with Crippen LogP contribution >= 0.6 is 39.1 Å². The van der Waals surface area contributed by atoms with E-state index in [0.29, 0.717) is 10.0 Å². The van der Waals surface area contributed by atoms with Gasteiger partial charge >= 0.3 is 17.6 Å². The average molecular weight is 608 g/mol. The predicted octanol–water partition coefficient (Wildman–Crippen LogP) is 3.92. The first-order chi connectivity index (χ1) is 17.7. The molecular weight excluding hydrogens is 591 g/mol. The van der Waals surface area contributed by atoms with E-state index >= 15 is 0 Å². The summed E-state index contributed by atoms with van der Waals surface area (Å²) >= 11 is 14.7. The molecule has 0 amide bonds. The van der Waals surface area contributed by atoms with Gasteiger partial charge in [0.25, 0.3) is 5.56 Å². The summed E-state index contributed by atoms with van der Waals surface area (Å²) in [5.74, 6) is 1.25. The van der Waals surface area contributed by atoms with Crippen molar-refractivity contribution >= 4 is 51.1 Å². The molecule has 1 aliphatic heterocycles. The number of benzene rings is 2. The van der Waals surface area contributed by atoms with E-state index in [1.807, 2.05) is 0 Å². The number of halogens is 3. The Kier molecular flexibility index (Phi) is 8.51. The van der Waals surface area contributed by atoms with Crippen molar-refractivity contribution in [1.82, 2.24) is 9.55 Å². The van der Waals surface area contributed by atoms with Crippen molar-refractivity contribution in [2.24, 2.45) is 0 Å². The molecule has 0 spiro atoms. The maximum absolute atomic E-state index is 12.8. The number of rotatable bonds is 6. The summed E-state index contributed by atoms with van der Waals surface area (Å²) < 4.78 is 18.1. The van der Waals surface area contributed by atoms with Crippen LogP contribution in [0.4, 0.5) is 0 Å². The van der Waals surface area contributed by atoms with Crippen LogP contribution in [0.5, 0.6) is 0 Å². The molecule has 190 valence electrons. The molecule has 0 radical (unpaired) electrons. The zero-order chi connectivity index (χ0) is 26.5. The summed E-state index contributed by atoms with van der Waals surface area (Å²) in [5.41, 5.74) is -0.862. The number of H-pyrrole nitrogens is 1. The van der Waals surface area contributed by atoms with Crippen molar-refractivity contribution in [3.05, 3.63) is 102 Å². The molecule has 0 bridgehead atoms. The molecule has 3 atom stereocenters. The Morgan fingerprint density at radius 1 is 1.03 bits per heavy atom. The van der Waals surface area contributed by atoms with E-state index < -0.39 is 41.6 Å². The molecule has 1 aliphatic rings. The van der Waals surface area contributed by atoms with Gasteiger partial charge in [0.2, 0.25) is 0 Å². The standard InChI is InChI=1S/C25H17BrCl2N2O7/c26-10-9-16-12-30(25(34)29-22(16)31)21-11-19(37-24(33)15-3-7-18(28)8-4-15)20(36-21)13-35-23(32)14-1-5-17(27)6-2-14/h1-8,12,19-21H,11,13H2,(H,29,31,34)/t19-,20+,21+/m0/s1. The average Bonchev–Trinajstić information content (AvgIpc) is 3.27. The van der Waals surface area contributed by atoms with E-state index in [1.54, 1.807) is 24.3 Å². The third-order valence-corrected chi connectivity index (χ3v) is 6.14. The number of hydrogen-bond donors (Lipinski definition) is 1. The zero-order valence-electron chi connectivity index (χ0n) is 18.8. The number of aromatic nitrogens is 2. The molecule has 0 unspecified atom stereocenters. The fourth-order valence-corrected chi connectivity index (χ4v) is 4.07. The monoisotopic (exact) mass is 606 g/mol. The molecule has 2 aromatic carbocycles. The van der Waals surface area contributed by atoms with Crippen LogP contribution in [-0.2, 0) is 14.2 Å². The highest BCUT2D eigenvalue weighted by molar-refractivity contribution is 9.12. The van der Waals surface area contributed by atoms with E-state index in [1.165, 1.54) is 30.5 Å². The van der Waals surface area contributed by atoms with Crippen LogP contribution in [0.25, 0.3) is 0 Å². The molecule has 12 heteroatoms. The Morgan fingerprint density at radius 3 is 2.22 bits per heavy atom. The minimum Gasteiger partial charge on any atom is -0.459 e. The molecule has 3 aromatic rings. The molecule has 0 saturated carbocycles. The number of carbonyl (C=O) groups excluding carboxylic acids is 2. The summed E-state index contributed by atoms with van der Waals surface area (Å²) in [6, 6.07) is 12.2. The van der Waals surface area contributed by atoms with Gasteiger partial charge in [0.05, 0.1) is 11.1 Å². The van der Waals surface area contributed by atoms with Crippen molar-refractivity contribution in [2.45, 2.75) is 24.9 Å². The maximum Gasteiger partial charge on any atom is 0.338 e. The van der Waals surface area contributed by atoms with Crippen molar-refractivity contribution in [1.29, 1.82) is 0 Å². The van der Waals surface area contributed by atoms with Crippen LogP contribution < -0.4 is 11.2 Å². The van der Waals surface area contributed by atoms with Crippen molar-refractivity contribution in [3.63, 3.8) is 0 Å². The van der Waals surface area contributed by atoms with Crippen molar-refractivity contribution < 1.29 is 23.8 Å². The second-order valence-corrected chi connectivity index (χ2v) is 9.12. The lowest BCUT2D eigenvalue weighted by Gasteiger charge is -2.19. The number of hydrogen-bond acceptors (Lipinski definition) is 7. The van der Waals surface area contributed by atoms with Crippen LogP contribution in [0.15, 0.2) is 64.3 Å². The Morgan fingerprint density at radius 2 is 1.62 bits per heavy atom. The third kappa shape index (κ3) is 6.50. The lowest BCUT2D eigenvalue weighted by atomic mass is 10.1. The molecule has 37 heavy (non-hydrogen) atoms. The van der Waals surface area contributed by atoms with Gasteiger partial charge < -0.3 is 14.2 Å². The predicted molar refractivity (Wildman–Crippen MR) is 138 cm³/mol. The van der Waals surface area contributed by atoms with E-state index in [4.69, 9.17) is 37.4 Å². The minimum atomic E-state index is -0.942. The van der Waals surface area contributed by atoms with Crippen LogP contribution in [0.1, 0.15) is 38.9 Å². The van der Waals surface area contributed by atoms with Gasteiger partial charge in [-0.05, 0) is 59.3 Å². The molecule has 1 fully saturated rings. The summed E-state index contributed by atoms with van der Waals surface area (Å²) in [7, 11) is 0. The van der Waals surface area contributed by atoms with E-state index in [2.05, 4.69) is 31.7 Å². The highest BCUT2D eigenvalue weighted by atomic mass is 79.9. The molecule has 1 aromatic heterocycles. The number of ether oxygens (including phenoxy) is 3. The highest BCUT2D eigenvalue weighted by Crippen LogP contribution is 2.31. The molecule has 4 rings (SSSR count). The summed E-state index contributed by atoms with van der Waals surface area (Å²) in [5, 5.41) is 0.913. The Hall–Kier alpha value is -3.36. The SMILES string of the molecule is O=C(OC[C@H]1O[C@@H](n2cc(C#CBr)c(=O)[nH]c2=O)C[C@@H]1OC(=O)c1ccc(Cl)cc1)c1ccc(Cl)cc1. The van der Waals surface area contributed by atoms with E-state index in [9.17, 15) is 19.2 Å². The largest absolute Gasteiger partial charge is 0.459 e. The fraction of sp³-hybridized carbons (Fsp3) is 0.200. The molecule has 1 N–H and O–H groups in total. The molecule has 0 aliphatic carbocycles. The second kappa shape index (κ2) is 11.8. The fourth-order valence-electron chi connectivity index (χ4n) is 3.60. The van der Waals surface area contributed by atoms with Gasteiger partial charge in [-0.15, -0.1) is 0 Å². The number of esters is 2. The number of aromatic amines is 1. The van der Waals surface area contributed by atoms with Crippen LogP contribution in [0.3, 0.4) is 0 Å². The van der Waals surface area contributed by atoms with Crippen molar-refractivity contribution in [2.75, 3.05) is 6.61 Å². The summed E-state index contributed by atoms with van der Waals surface area (Å²) in [6.45, 7) is -0.275. The van der Waals surface area contributed by atoms with Gasteiger partial charge in [0.1, 0.15) is 30.6 Å². The number of nitrogens with one attached hydrogen (secondary N) is 1. The minimum absolute atomic E-state index is 0.0207. The third-order valence-electron chi connectivity index (χ3n) is 5.44. The van der Waals surface area contributed by atoms with Gasteiger partial charge in [0.15, 0.2) is 0 Å². The van der Waals surface area contributed by atoms with Gasteiger partial charge in [-0.2, -0.15) is 0 Å². The quantitative estimate of drug-likeness (QED) is 0.333. The van der Waals surface area contributed by atoms with E-state index in [0.717, 1.165) is 4.57 Å². The number of nitrogens with zero attached hydrogens (tertiary/aromatic N) is 1. The highest BCUT2D eigenvalue weighted by Gasteiger charge is 2.40. The topological polar surface area (TPSA) is 117 Å². The maximum atomic E-state index is 12.8. The zero-order valence-corrected chi connectivity index (χ0v) is 21.9. The molecule has 1 saturated heterocycles. The Labute approximate surface area is 228 Å². The molecule has 9 nitrogen and oxygen atoms in total. The second-order valence-electron chi connectivity index (χ2n) is 7.85. The van der Waals surface area contributed by atoms with Crippen LogP contribution in [0, 0.1) is 10.8 Å². The van der Waals surface area contributed by atoms with Crippen LogP contribution in [-0.4, -0.2) is 40.3 Å². The summed E-state index contributed by atoms with van der Waals surface area (Å²) in [6.07, 6.45) is -1.46. The van der Waals surface area contributed by atoms with Gasteiger partial charge in [-0.3, -0.25) is 14.3 Å². The first kappa shape index (κ1) is 26.7. The van der Waals surface area contributed by atoms with Crippen LogP contribution in [0.2, 0.25) is 10.0 Å². The Bertz CT molecular complexity index is 1490. The smallest absolute Gasteiger partial charge is 0.338 e. The first-order valence-electron chi connectivity index (χ1n) is 10.8. The molecule has 2 heterocycles. The van der Waals surface area contributed by atoms with Gasteiger partial charge in [-0.25, -0.2) is 14.4 Å². The number of carbonyl (C=O) groups is 2. The van der Waals surface area contributed by atoms with E-state index in [-0.39, 0.29) is 29.7 Å². The lowest BCUT2D eigenvalue weighted by molar-refractivity contribution is -0.0582. The summed E-state index contributed by atoms with van der Waals surface area (Å²) in [4.78, 5) is 54.4. The normalized spacial score (nSPS) is 18.5.